The van der Waals surface area contributed by atoms with Gasteiger partial charge in [0.05, 0.1) is 6.61 Å². The topological polar surface area (TPSA) is 46.5 Å². The number of benzene rings is 1. The van der Waals surface area contributed by atoms with Crippen molar-refractivity contribution in [2.24, 2.45) is 0 Å². The van der Waals surface area contributed by atoms with Crippen LogP contribution in [-0.2, 0) is 22.6 Å². The minimum atomic E-state index is -0.854. The second kappa shape index (κ2) is 6.57. The predicted molar refractivity (Wildman–Crippen MR) is 62.7 cm³/mol. The molecule has 0 bridgehead atoms. The first-order chi connectivity index (χ1) is 8.04. The van der Waals surface area contributed by atoms with E-state index in [-0.39, 0.29) is 13.0 Å². The predicted octanol–water partition coefficient (Wildman–Crippen LogP) is 3.03. The second-order valence-corrected chi connectivity index (χ2v) is 4.13. The third-order valence-electron chi connectivity index (χ3n) is 2.35. The smallest absolute Gasteiger partial charge is 0.303 e. The van der Waals surface area contributed by atoms with E-state index in [1.807, 2.05) is 0 Å². The number of hydrogen-bond acceptors (Lipinski definition) is 2. The van der Waals surface area contributed by atoms with Gasteiger partial charge in [-0.25, -0.2) is 4.39 Å². The molecule has 3 nitrogen and oxygen atoms in total. The summed E-state index contributed by atoms with van der Waals surface area (Å²) < 4.78 is 18.4. The highest BCUT2D eigenvalue weighted by Crippen LogP contribution is 2.23. The number of methoxy groups -OCH3 is 1. The SMILES string of the molecule is COCc1c(F)cc(CCCC(=O)O)cc1Cl. The summed E-state index contributed by atoms with van der Waals surface area (Å²) in [5, 5.41) is 8.81. The van der Waals surface area contributed by atoms with Crippen molar-refractivity contribution in [3.05, 3.63) is 34.1 Å². The Labute approximate surface area is 104 Å². The van der Waals surface area contributed by atoms with Gasteiger partial charge in [0.2, 0.25) is 0 Å². The van der Waals surface area contributed by atoms with E-state index in [2.05, 4.69) is 0 Å². The largest absolute Gasteiger partial charge is 0.481 e. The molecule has 0 atom stereocenters. The molecule has 94 valence electrons. The number of aliphatic carboxylic acids is 1. The van der Waals surface area contributed by atoms with Crippen LogP contribution in [0.1, 0.15) is 24.0 Å². The molecule has 0 spiro atoms. The van der Waals surface area contributed by atoms with Gasteiger partial charge in [-0.3, -0.25) is 4.79 Å². The van der Waals surface area contributed by atoms with Crippen molar-refractivity contribution in [1.82, 2.24) is 0 Å². The van der Waals surface area contributed by atoms with E-state index >= 15 is 0 Å². The lowest BCUT2D eigenvalue weighted by Crippen LogP contribution is -1.99. The van der Waals surface area contributed by atoms with Gasteiger partial charge in [0, 0.05) is 24.1 Å². The van der Waals surface area contributed by atoms with Gasteiger partial charge < -0.3 is 9.84 Å². The van der Waals surface area contributed by atoms with Gasteiger partial charge in [-0.1, -0.05) is 11.6 Å². The molecule has 0 saturated heterocycles. The summed E-state index contributed by atoms with van der Waals surface area (Å²) in [7, 11) is 1.47. The molecule has 0 saturated carbocycles. The minimum Gasteiger partial charge on any atom is -0.481 e. The summed E-state index contributed by atoms with van der Waals surface area (Å²) >= 11 is 5.92. The van der Waals surface area contributed by atoms with Crippen molar-refractivity contribution in [2.45, 2.75) is 25.9 Å². The lowest BCUT2D eigenvalue weighted by Gasteiger charge is -2.08. The summed E-state index contributed by atoms with van der Waals surface area (Å²) in [5.41, 5.74) is 1.03. The van der Waals surface area contributed by atoms with E-state index in [0.717, 1.165) is 0 Å². The first-order valence-corrected chi connectivity index (χ1v) is 5.60. The standard InChI is InChI=1S/C12H14ClFO3/c1-17-7-9-10(13)5-8(6-11(9)14)3-2-4-12(15)16/h5-6H,2-4,7H2,1H3,(H,15,16). The zero-order valence-corrected chi connectivity index (χ0v) is 10.3. The van der Waals surface area contributed by atoms with E-state index < -0.39 is 11.8 Å². The Morgan fingerprint density at radius 3 is 2.76 bits per heavy atom. The quantitative estimate of drug-likeness (QED) is 0.855. The number of aryl methyl sites for hydroxylation is 1. The van der Waals surface area contributed by atoms with Gasteiger partial charge in [0.15, 0.2) is 0 Å². The third-order valence-corrected chi connectivity index (χ3v) is 2.68. The Balaban J connectivity index is 2.72. The Morgan fingerprint density at radius 1 is 1.53 bits per heavy atom. The van der Waals surface area contributed by atoms with Crippen LogP contribution in [0.25, 0.3) is 0 Å². The number of halogens is 2. The highest BCUT2D eigenvalue weighted by molar-refractivity contribution is 6.31. The number of carboxylic acid groups (broad SMARTS) is 1. The molecule has 0 fully saturated rings. The molecular weight excluding hydrogens is 247 g/mol. The van der Waals surface area contributed by atoms with E-state index in [9.17, 15) is 9.18 Å². The fourth-order valence-electron chi connectivity index (χ4n) is 1.53. The van der Waals surface area contributed by atoms with Crippen molar-refractivity contribution in [3.63, 3.8) is 0 Å². The van der Waals surface area contributed by atoms with Crippen molar-refractivity contribution in [3.8, 4) is 0 Å². The number of hydrogen-bond donors (Lipinski definition) is 1. The maximum Gasteiger partial charge on any atom is 0.303 e. The molecule has 1 rings (SSSR count). The average molecular weight is 261 g/mol. The highest BCUT2D eigenvalue weighted by Gasteiger charge is 2.09. The normalized spacial score (nSPS) is 10.5. The van der Waals surface area contributed by atoms with Crippen molar-refractivity contribution in [2.75, 3.05) is 7.11 Å². The van der Waals surface area contributed by atoms with E-state index in [1.165, 1.54) is 13.2 Å². The van der Waals surface area contributed by atoms with Crippen LogP contribution in [-0.4, -0.2) is 18.2 Å². The molecule has 0 aliphatic heterocycles. The average Bonchev–Trinajstić information content (AvgIpc) is 2.23. The van der Waals surface area contributed by atoms with Crippen LogP contribution >= 0.6 is 11.6 Å². The van der Waals surface area contributed by atoms with Gasteiger partial charge in [-0.2, -0.15) is 0 Å². The molecular formula is C12H14ClFO3. The molecule has 1 aromatic carbocycles. The van der Waals surface area contributed by atoms with Gasteiger partial charge in [-0.05, 0) is 30.5 Å². The van der Waals surface area contributed by atoms with Gasteiger partial charge in [-0.15, -0.1) is 0 Å². The van der Waals surface area contributed by atoms with Crippen LogP contribution in [0, 0.1) is 5.82 Å². The lowest BCUT2D eigenvalue weighted by molar-refractivity contribution is -0.137. The van der Waals surface area contributed by atoms with Crippen LogP contribution in [0.5, 0.6) is 0 Å². The molecule has 0 amide bonds. The fourth-order valence-corrected chi connectivity index (χ4v) is 1.81. The van der Waals surface area contributed by atoms with Crippen LogP contribution in [0.2, 0.25) is 5.02 Å². The van der Waals surface area contributed by atoms with E-state index in [0.29, 0.717) is 29.0 Å². The number of ether oxygens (including phenoxy) is 1. The molecule has 17 heavy (non-hydrogen) atoms. The molecule has 0 heterocycles. The Morgan fingerprint density at radius 2 is 2.24 bits per heavy atom. The number of carbonyl (C=O) groups is 1. The molecule has 1 aromatic rings. The molecule has 0 aliphatic carbocycles. The molecule has 5 heteroatoms. The van der Waals surface area contributed by atoms with Crippen molar-refractivity contribution in [1.29, 1.82) is 0 Å². The monoisotopic (exact) mass is 260 g/mol. The third kappa shape index (κ3) is 4.32. The molecule has 1 N–H and O–H groups in total. The summed E-state index contributed by atoms with van der Waals surface area (Å²) in [4.78, 5) is 10.3. The summed E-state index contributed by atoms with van der Waals surface area (Å²) in [6, 6.07) is 3.03. The number of carboxylic acids is 1. The maximum absolute atomic E-state index is 13.6. The Kier molecular flexibility index (Phi) is 5.38. The van der Waals surface area contributed by atoms with Crippen LogP contribution in [0.3, 0.4) is 0 Å². The summed E-state index contributed by atoms with van der Waals surface area (Å²) in [5.74, 6) is -1.27. The Hall–Kier alpha value is -1.13. The molecule has 0 radical (unpaired) electrons. The molecule has 0 aliphatic rings. The van der Waals surface area contributed by atoms with Gasteiger partial charge in [0.1, 0.15) is 5.82 Å². The van der Waals surface area contributed by atoms with Crippen LogP contribution < -0.4 is 0 Å². The van der Waals surface area contributed by atoms with Gasteiger partial charge >= 0.3 is 5.97 Å². The Bertz CT molecular complexity index is 384. The van der Waals surface area contributed by atoms with Crippen LogP contribution in [0.15, 0.2) is 12.1 Å². The van der Waals surface area contributed by atoms with Crippen molar-refractivity contribution >= 4 is 17.6 Å². The maximum atomic E-state index is 13.6. The van der Waals surface area contributed by atoms with E-state index in [4.69, 9.17) is 21.4 Å². The highest BCUT2D eigenvalue weighted by atomic mass is 35.5. The van der Waals surface area contributed by atoms with Crippen molar-refractivity contribution < 1.29 is 19.0 Å². The zero-order valence-electron chi connectivity index (χ0n) is 9.50. The number of rotatable bonds is 6. The molecule has 0 aromatic heterocycles. The molecule has 0 unspecified atom stereocenters. The lowest BCUT2D eigenvalue weighted by atomic mass is 10.1. The second-order valence-electron chi connectivity index (χ2n) is 3.72. The first kappa shape index (κ1) is 13.9. The van der Waals surface area contributed by atoms with E-state index in [1.54, 1.807) is 6.07 Å². The van der Waals surface area contributed by atoms with Crippen LogP contribution in [0.4, 0.5) is 4.39 Å². The fraction of sp³-hybridized carbons (Fsp3) is 0.417. The first-order valence-electron chi connectivity index (χ1n) is 5.22. The minimum absolute atomic E-state index is 0.0685. The van der Waals surface area contributed by atoms with Gasteiger partial charge in [0.25, 0.3) is 0 Å². The summed E-state index contributed by atoms with van der Waals surface area (Å²) in [6.07, 6.45) is 1.03. The zero-order chi connectivity index (χ0) is 12.8. The summed E-state index contributed by atoms with van der Waals surface area (Å²) in [6.45, 7) is 0.125.